The maximum absolute atomic E-state index is 12.2. The van der Waals surface area contributed by atoms with Gasteiger partial charge >= 0.3 is 0 Å². The van der Waals surface area contributed by atoms with Crippen LogP contribution in [0.15, 0.2) is 23.6 Å². The van der Waals surface area contributed by atoms with Crippen molar-refractivity contribution in [1.82, 2.24) is 20.8 Å². The molecular weight excluding hydrogens is 308 g/mol. The molecule has 1 saturated heterocycles. The molecule has 2 atom stereocenters. The van der Waals surface area contributed by atoms with Crippen LogP contribution in [0.1, 0.15) is 30.3 Å². The van der Waals surface area contributed by atoms with Crippen molar-refractivity contribution in [2.24, 2.45) is 0 Å². The van der Waals surface area contributed by atoms with Crippen LogP contribution in [-0.2, 0) is 0 Å². The Morgan fingerprint density at radius 1 is 1.52 bits per heavy atom. The van der Waals surface area contributed by atoms with Crippen molar-refractivity contribution < 1.29 is 4.79 Å². The van der Waals surface area contributed by atoms with Crippen molar-refractivity contribution in [1.29, 1.82) is 0 Å². The third kappa shape index (κ3) is 3.84. The first-order valence-electron chi connectivity index (χ1n) is 6.86. The molecule has 0 saturated carbocycles. The highest BCUT2D eigenvalue weighted by Gasteiger charge is 2.21. The summed E-state index contributed by atoms with van der Waals surface area (Å²) >= 11 is 1.63. The van der Waals surface area contributed by atoms with Crippen LogP contribution >= 0.6 is 23.7 Å². The molecule has 1 fully saturated rings. The quantitative estimate of drug-likeness (QED) is 0.811. The molecule has 21 heavy (non-hydrogen) atoms. The van der Waals surface area contributed by atoms with Gasteiger partial charge < -0.3 is 10.6 Å². The summed E-state index contributed by atoms with van der Waals surface area (Å²) in [4.78, 5) is 13.3. The molecule has 3 rings (SSSR count). The fourth-order valence-corrected chi connectivity index (χ4v) is 3.21. The molecule has 2 aromatic rings. The smallest absolute Gasteiger partial charge is 0.272 e. The number of amides is 1. The Balaban J connectivity index is 0.00000161. The van der Waals surface area contributed by atoms with Crippen LogP contribution in [0.2, 0.25) is 0 Å². The zero-order valence-electron chi connectivity index (χ0n) is 11.8. The lowest BCUT2D eigenvalue weighted by atomic mass is 10.0. The second kappa shape index (κ2) is 7.06. The molecule has 3 heterocycles. The van der Waals surface area contributed by atoms with Crippen LogP contribution in [0.5, 0.6) is 0 Å². The lowest BCUT2D eigenvalue weighted by molar-refractivity contribution is 0.0920. The first kappa shape index (κ1) is 16.0. The Labute approximate surface area is 133 Å². The first-order valence-corrected chi connectivity index (χ1v) is 7.74. The third-order valence-corrected chi connectivity index (χ3v) is 4.46. The second-order valence-electron chi connectivity index (χ2n) is 5.19. The van der Waals surface area contributed by atoms with E-state index in [0.717, 1.165) is 30.0 Å². The molecule has 5 nitrogen and oxygen atoms in total. The van der Waals surface area contributed by atoms with E-state index in [9.17, 15) is 4.79 Å². The monoisotopic (exact) mass is 326 g/mol. The fourth-order valence-electron chi connectivity index (χ4n) is 2.52. The van der Waals surface area contributed by atoms with E-state index in [4.69, 9.17) is 0 Å². The summed E-state index contributed by atoms with van der Waals surface area (Å²) < 4.78 is 0. The molecule has 0 radical (unpaired) electrons. The van der Waals surface area contributed by atoms with E-state index in [0.29, 0.717) is 11.7 Å². The molecule has 114 valence electrons. The van der Waals surface area contributed by atoms with Gasteiger partial charge in [-0.2, -0.15) is 5.10 Å². The van der Waals surface area contributed by atoms with Crippen molar-refractivity contribution >= 4 is 29.7 Å². The lowest BCUT2D eigenvalue weighted by Crippen LogP contribution is -2.46. The predicted octanol–water partition coefficient (Wildman–Crippen LogP) is 2.43. The number of H-pyrrole nitrogens is 1. The van der Waals surface area contributed by atoms with Gasteiger partial charge in [0.2, 0.25) is 0 Å². The van der Waals surface area contributed by atoms with Gasteiger partial charge in [0.05, 0.1) is 10.6 Å². The van der Waals surface area contributed by atoms with Crippen molar-refractivity contribution in [2.75, 3.05) is 6.54 Å². The number of aromatic amines is 1. The molecule has 7 heteroatoms. The van der Waals surface area contributed by atoms with Crippen LogP contribution in [-0.4, -0.2) is 34.7 Å². The van der Waals surface area contributed by atoms with Crippen LogP contribution < -0.4 is 10.6 Å². The number of piperidine rings is 1. The summed E-state index contributed by atoms with van der Waals surface area (Å²) in [5, 5.41) is 15.5. The van der Waals surface area contributed by atoms with Crippen molar-refractivity contribution in [3.05, 3.63) is 29.3 Å². The first-order chi connectivity index (χ1) is 9.72. The maximum Gasteiger partial charge on any atom is 0.272 e. The van der Waals surface area contributed by atoms with Crippen LogP contribution in [0.25, 0.3) is 10.6 Å². The number of hydrogen-bond acceptors (Lipinski definition) is 4. The molecule has 1 aliphatic rings. The molecule has 0 aliphatic carbocycles. The molecule has 1 aliphatic heterocycles. The van der Waals surface area contributed by atoms with Crippen molar-refractivity contribution in [3.8, 4) is 10.6 Å². The lowest BCUT2D eigenvalue weighted by Gasteiger charge is -2.28. The number of carbonyl (C=O) groups excluding carboxylic acids is 1. The second-order valence-corrected chi connectivity index (χ2v) is 6.14. The van der Waals surface area contributed by atoms with Gasteiger partial charge in [-0.25, -0.2) is 0 Å². The molecule has 1 amide bonds. The predicted molar refractivity (Wildman–Crippen MR) is 87.1 cm³/mol. The zero-order valence-corrected chi connectivity index (χ0v) is 13.4. The highest BCUT2D eigenvalue weighted by molar-refractivity contribution is 7.13. The summed E-state index contributed by atoms with van der Waals surface area (Å²) in [5.41, 5.74) is 1.35. The standard InChI is InChI=1S/C14H18N4OS.ClH/c1-9-7-10(4-5-15-9)16-14(19)12-8-11(17-18-12)13-3-2-6-20-13;/h2-3,6,8-10,15H,4-5,7H2,1H3,(H,16,19)(H,17,18);1H. The largest absolute Gasteiger partial charge is 0.348 e. The fraction of sp³-hybridized carbons (Fsp3) is 0.429. The number of carbonyl (C=O) groups is 1. The van der Waals surface area contributed by atoms with Gasteiger partial charge in [0.25, 0.3) is 5.91 Å². The van der Waals surface area contributed by atoms with E-state index in [1.807, 2.05) is 23.6 Å². The SMILES string of the molecule is CC1CC(NC(=O)c2cc(-c3cccs3)[nH]n2)CCN1.Cl. The number of rotatable bonds is 3. The molecule has 3 N–H and O–H groups in total. The van der Waals surface area contributed by atoms with E-state index in [1.165, 1.54) is 0 Å². The average molecular weight is 327 g/mol. The molecular formula is C14H19ClN4OS. The minimum absolute atomic E-state index is 0. The topological polar surface area (TPSA) is 69.8 Å². The molecule has 0 bridgehead atoms. The number of hydrogen-bond donors (Lipinski definition) is 3. The van der Waals surface area contributed by atoms with E-state index in [2.05, 4.69) is 27.8 Å². The van der Waals surface area contributed by atoms with Crippen LogP contribution in [0.4, 0.5) is 0 Å². The minimum atomic E-state index is -0.0943. The number of thiophene rings is 1. The Bertz CT molecular complexity index is 584. The van der Waals surface area contributed by atoms with Gasteiger partial charge in [-0.15, -0.1) is 23.7 Å². The van der Waals surface area contributed by atoms with Crippen LogP contribution in [0, 0.1) is 0 Å². The van der Waals surface area contributed by atoms with E-state index in [-0.39, 0.29) is 24.4 Å². The summed E-state index contributed by atoms with van der Waals surface area (Å²) in [6.45, 7) is 3.09. The minimum Gasteiger partial charge on any atom is -0.348 e. The van der Waals surface area contributed by atoms with Crippen molar-refractivity contribution in [3.63, 3.8) is 0 Å². The summed E-state index contributed by atoms with van der Waals surface area (Å²) in [5.74, 6) is -0.0943. The highest BCUT2D eigenvalue weighted by atomic mass is 35.5. The summed E-state index contributed by atoms with van der Waals surface area (Å²) in [6.07, 6.45) is 1.94. The van der Waals surface area contributed by atoms with Gasteiger partial charge in [-0.1, -0.05) is 6.07 Å². The molecule has 0 aromatic carbocycles. The van der Waals surface area contributed by atoms with Crippen molar-refractivity contribution in [2.45, 2.75) is 31.8 Å². The zero-order chi connectivity index (χ0) is 13.9. The molecule has 2 unspecified atom stereocenters. The maximum atomic E-state index is 12.2. The Kier molecular flexibility index (Phi) is 5.39. The van der Waals surface area contributed by atoms with E-state index in [1.54, 1.807) is 11.3 Å². The molecule has 2 aromatic heterocycles. The van der Waals surface area contributed by atoms with E-state index >= 15 is 0 Å². The van der Waals surface area contributed by atoms with Crippen LogP contribution in [0.3, 0.4) is 0 Å². The van der Waals surface area contributed by atoms with E-state index < -0.39 is 0 Å². The summed E-state index contributed by atoms with van der Waals surface area (Å²) in [7, 11) is 0. The average Bonchev–Trinajstić information content (AvgIpc) is 3.10. The van der Waals surface area contributed by atoms with Gasteiger partial charge in [-0.3, -0.25) is 9.89 Å². The number of nitrogens with zero attached hydrogens (tertiary/aromatic N) is 1. The van der Waals surface area contributed by atoms with Gasteiger partial charge in [-0.05, 0) is 43.8 Å². The Morgan fingerprint density at radius 3 is 3.10 bits per heavy atom. The van der Waals surface area contributed by atoms with Gasteiger partial charge in [0.1, 0.15) is 0 Å². The number of halogens is 1. The number of nitrogens with one attached hydrogen (secondary N) is 3. The third-order valence-electron chi connectivity index (χ3n) is 3.56. The number of aromatic nitrogens is 2. The molecule has 0 spiro atoms. The Morgan fingerprint density at radius 2 is 2.38 bits per heavy atom. The Hall–Kier alpha value is -1.37. The van der Waals surface area contributed by atoms with Gasteiger partial charge in [0, 0.05) is 12.1 Å². The van der Waals surface area contributed by atoms with Gasteiger partial charge in [0.15, 0.2) is 5.69 Å². The highest BCUT2D eigenvalue weighted by Crippen LogP contribution is 2.23. The summed E-state index contributed by atoms with van der Waals surface area (Å²) in [6, 6.07) is 6.49. The normalized spacial score (nSPS) is 21.6.